The molecular formula is C14H22ClN3O2S. The first-order valence-corrected chi connectivity index (χ1v) is 8.15. The van der Waals surface area contributed by atoms with Crippen molar-refractivity contribution in [2.45, 2.75) is 52.2 Å². The first-order chi connectivity index (χ1) is 9.83. The molecule has 7 heteroatoms. The van der Waals surface area contributed by atoms with Crippen molar-refractivity contribution in [1.29, 1.82) is 0 Å². The summed E-state index contributed by atoms with van der Waals surface area (Å²) in [4.78, 5) is 24.7. The zero-order valence-electron chi connectivity index (χ0n) is 12.7. The molecule has 1 rings (SSSR count). The summed E-state index contributed by atoms with van der Waals surface area (Å²) in [5.74, 6) is -0.189. The lowest BCUT2D eigenvalue weighted by Crippen LogP contribution is -2.50. The number of hydrogen-bond acceptors (Lipinski definition) is 3. The molecule has 0 aliphatic heterocycles. The first-order valence-electron chi connectivity index (χ1n) is 6.96. The van der Waals surface area contributed by atoms with E-state index in [9.17, 15) is 9.59 Å². The van der Waals surface area contributed by atoms with Gasteiger partial charge in [-0.05, 0) is 39.3 Å². The smallest absolute Gasteiger partial charge is 0.315 e. The van der Waals surface area contributed by atoms with Crippen LogP contribution < -0.4 is 16.0 Å². The zero-order valence-corrected chi connectivity index (χ0v) is 14.3. The molecule has 118 valence electrons. The third-order valence-electron chi connectivity index (χ3n) is 3.11. The summed E-state index contributed by atoms with van der Waals surface area (Å²) < 4.78 is 0.681. The van der Waals surface area contributed by atoms with Crippen molar-refractivity contribution >= 4 is 34.9 Å². The Bertz CT molecular complexity index is 492. The maximum Gasteiger partial charge on any atom is 0.315 e. The van der Waals surface area contributed by atoms with Gasteiger partial charge in [0.05, 0.1) is 10.4 Å². The molecule has 3 atom stereocenters. The van der Waals surface area contributed by atoms with Crippen LogP contribution in [0.5, 0.6) is 0 Å². The van der Waals surface area contributed by atoms with Crippen molar-refractivity contribution in [3.63, 3.8) is 0 Å². The van der Waals surface area contributed by atoms with Gasteiger partial charge >= 0.3 is 6.03 Å². The lowest BCUT2D eigenvalue weighted by Gasteiger charge is -2.19. The monoisotopic (exact) mass is 331 g/mol. The molecular weight excluding hydrogens is 310 g/mol. The molecule has 3 N–H and O–H groups in total. The summed E-state index contributed by atoms with van der Waals surface area (Å²) in [7, 11) is 0. The first kappa shape index (κ1) is 17.8. The minimum atomic E-state index is -0.585. The molecule has 0 unspecified atom stereocenters. The molecule has 0 radical (unpaired) electrons. The molecule has 3 amide bonds. The summed E-state index contributed by atoms with van der Waals surface area (Å²) in [5, 5.41) is 8.24. The van der Waals surface area contributed by atoms with Crippen LogP contribution >= 0.6 is 22.9 Å². The third-order valence-corrected chi connectivity index (χ3v) is 4.52. The lowest BCUT2D eigenvalue weighted by atomic mass is 10.2. The number of amides is 3. The molecule has 1 aromatic heterocycles. The number of urea groups is 1. The van der Waals surface area contributed by atoms with Gasteiger partial charge in [-0.3, -0.25) is 4.79 Å². The Morgan fingerprint density at radius 1 is 1.19 bits per heavy atom. The van der Waals surface area contributed by atoms with Gasteiger partial charge in [-0.2, -0.15) is 0 Å². The highest BCUT2D eigenvalue weighted by Crippen LogP contribution is 2.26. The molecule has 1 heterocycles. The molecule has 21 heavy (non-hydrogen) atoms. The van der Waals surface area contributed by atoms with E-state index in [4.69, 9.17) is 11.6 Å². The molecule has 0 aromatic carbocycles. The molecule has 1 aromatic rings. The van der Waals surface area contributed by atoms with Crippen LogP contribution in [0, 0.1) is 0 Å². The molecule has 0 aliphatic rings. The number of rotatable bonds is 6. The Kier molecular flexibility index (Phi) is 6.98. The topological polar surface area (TPSA) is 70.2 Å². The fourth-order valence-corrected chi connectivity index (χ4v) is 2.67. The predicted molar refractivity (Wildman–Crippen MR) is 86.8 cm³/mol. The van der Waals surface area contributed by atoms with Crippen LogP contribution in [0.1, 0.15) is 45.0 Å². The van der Waals surface area contributed by atoms with E-state index in [0.717, 1.165) is 11.3 Å². The Labute approximate surface area is 134 Å². The molecule has 0 saturated heterocycles. The summed E-state index contributed by atoms with van der Waals surface area (Å²) in [6, 6.07) is 2.64. The van der Waals surface area contributed by atoms with Gasteiger partial charge in [0.15, 0.2) is 0 Å². The molecule has 0 saturated carbocycles. The van der Waals surface area contributed by atoms with Crippen molar-refractivity contribution < 1.29 is 9.59 Å². The van der Waals surface area contributed by atoms with Crippen molar-refractivity contribution in [1.82, 2.24) is 16.0 Å². The second kappa shape index (κ2) is 8.24. The average molecular weight is 332 g/mol. The fraction of sp³-hybridized carbons (Fsp3) is 0.571. The Balaban J connectivity index is 2.44. The van der Waals surface area contributed by atoms with Gasteiger partial charge in [0.25, 0.3) is 0 Å². The van der Waals surface area contributed by atoms with Gasteiger partial charge in [0.1, 0.15) is 6.04 Å². The predicted octanol–water partition coefficient (Wildman–Crippen LogP) is 3.06. The lowest BCUT2D eigenvalue weighted by molar-refractivity contribution is -0.123. The summed E-state index contributed by atoms with van der Waals surface area (Å²) in [5.41, 5.74) is 0. The van der Waals surface area contributed by atoms with Crippen LogP contribution in [0.3, 0.4) is 0 Å². The van der Waals surface area contributed by atoms with Crippen LogP contribution in [-0.2, 0) is 4.79 Å². The number of hydrogen-bond donors (Lipinski definition) is 3. The fourth-order valence-electron chi connectivity index (χ4n) is 1.60. The second-order valence-corrected chi connectivity index (χ2v) is 6.77. The van der Waals surface area contributed by atoms with Crippen LogP contribution in [0.4, 0.5) is 4.79 Å². The van der Waals surface area contributed by atoms with E-state index in [-0.39, 0.29) is 24.0 Å². The SMILES string of the molecule is CC[C@H](C)NC(=O)[C@H](C)NC(=O)N[C@@H](C)c1ccc(Cl)s1. The Morgan fingerprint density at radius 2 is 1.86 bits per heavy atom. The van der Waals surface area contributed by atoms with E-state index >= 15 is 0 Å². The second-order valence-electron chi connectivity index (χ2n) is 5.02. The summed E-state index contributed by atoms with van der Waals surface area (Å²) in [6.07, 6.45) is 0.848. The maximum atomic E-state index is 11.9. The van der Waals surface area contributed by atoms with Gasteiger partial charge in [-0.1, -0.05) is 18.5 Å². The Morgan fingerprint density at radius 3 is 2.38 bits per heavy atom. The van der Waals surface area contributed by atoms with Gasteiger partial charge < -0.3 is 16.0 Å². The van der Waals surface area contributed by atoms with Crippen LogP contribution in [0.2, 0.25) is 4.34 Å². The van der Waals surface area contributed by atoms with Crippen LogP contribution in [0.15, 0.2) is 12.1 Å². The van der Waals surface area contributed by atoms with Crippen LogP contribution in [0.25, 0.3) is 0 Å². The number of nitrogens with one attached hydrogen (secondary N) is 3. The van der Waals surface area contributed by atoms with Gasteiger partial charge in [-0.25, -0.2) is 4.79 Å². The Hall–Kier alpha value is -1.27. The quantitative estimate of drug-likeness (QED) is 0.749. The van der Waals surface area contributed by atoms with Crippen molar-refractivity contribution in [3.8, 4) is 0 Å². The van der Waals surface area contributed by atoms with E-state index in [1.807, 2.05) is 26.8 Å². The van der Waals surface area contributed by atoms with Crippen LogP contribution in [-0.4, -0.2) is 24.0 Å². The van der Waals surface area contributed by atoms with Crippen molar-refractivity contribution in [2.75, 3.05) is 0 Å². The standard InChI is InChI=1S/C14H22ClN3O2S/c1-5-8(2)16-13(19)10(4)18-14(20)17-9(3)11-6-7-12(15)21-11/h6-10H,5H2,1-4H3,(H,16,19)(H2,17,18,20)/t8-,9-,10-/m0/s1. The largest absolute Gasteiger partial charge is 0.352 e. The maximum absolute atomic E-state index is 11.9. The highest BCUT2D eigenvalue weighted by molar-refractivity contribution is 7.16. The minimum Gasteiger partial charge on any atom is -0.352 e. The van der Waals surface area contributed by atoms with Gasteiger partial charge in [0, 0.05) is 10.9 Å². The molecule has 0 aliphatic carbocycles. The number of carbonyl (C=O) groups excluding carboxylic acids is 2. The summed E-state index contributed by atoms with van der Waals surface area (Å²) in [6.45, 7) is 7.44. The van der Waals surface area contributed by atoms with Crippen molar-refractivity contribution in [3.05, 3.63) is 21.3 Å². The van der Waals surface area contributed by atoms with E-state index < -0.39 is 6.04 Å². The molecule has 0 bridgehead atoms. The third kappa shape index (κ3) is 5.93. The minimum absolute atomic E-state index is 0.0944. The highest BCUT2D eigenvalue weighted by Gasteiger charge is 2.18. The summed E-state index contributed by atoms with van der Waals surface area (Å²) >= 11 is 7.28. The highest BCUT2D eigenvalue weighted by atomic mass is 35.5. The average Bonchev–Trinajstić information content (AvgIpc) is 2.84. The number of carbonyl (C=O) groups is 2. The molecule has 0 spiro atoms. The van der Waals surface area contributed by atoms with E-state index in [0.29, 0.717) is 4.34 Å². The molecule has 5 nitrogen and oxygen atoms in total. The van der Waals surface area contributed by atoms with E-state index in [2.05, 4.69) is 16.0 Å². The van der Waals surface area contributed by atoms with E-state index in [1.165, 1.54) is 11.3 Å². The van der Waals surface area contributed by atoms with Crippen molar-refractivity contribution in [2.24, 2.45) is 0 Å². The number of halogens is 1. The van der Waals surface area contributed by atoms with E-state index in [1.54, 1.807) is 13.0 Å². The number of thiophene rings is 1. The zero-order chi connectivity index (χ0) is 16.0. The van der Waals surface area contributed by atoms with Gasteiger partial charge in [0.2, 0.25) is 5.91 Å². The normalized spacial score (nSPS) is 14.9. The molecule has 0 fully saturated rings. The van der Waals surface area contributed by atoms with Gasteiger partial charge in [-0.15, -0.1) is 11.3 Å².